The number of anilines is 2. The van der Waals surface area contributed by atoms with Gasteiger partial charge in [-0.05, 0) is 30.4 Å². The fourth-order valence-corrected chi connectivity index (χ4v) is 2.53. The first-order valence-corrected chi connectivity index (χ1v) is 7.31. The Morgan fingerprint density at radius 3 is 2.39 bits per heavy atom. The van der Waals surface area contributed by atoms with Crippen LogP contribution in [0, 0.1) is 4.77 Å². The fourth-order valence-electron chi connectivity index (χ4n) is 2.29. The molecule has 0 bridgehead atoms. The number of methoxy groups -OCH3 is 2. The van der Waals surface area contributed by atoms with Crippen molar-refractivity contribution < 1.29 is 9.47 Å². The minimum absolute atomic E-state index is 0.325. The maximum absolute atomic E-state index is 6.28. The summed E-state index contributed by atoms with van der Waals surface area (Å²) in [5.74, 6) is 1.61. The van der Waals surface area contributed by atoms with Crippen LogP contribution >= 0.6 is 12.2 Å². The normalized spacial score (nSPS) is 10.5. The van der Waals surface area contributed by atoms with Crippen LogP contribution in [0.5, 0.6) is 11.5 Å². The topological polar surface area (TPSA) is 74.3 Å². The molecule has 0 fully saturated rings. The predicted molar refractivity (Wildman–Crippen MR) is 93.5 cm³/mol. The van der Waals surface area contributed by atoms with E-state index in [4.69, 9.17) is 27.4 Å². The van der Waals surface area contributed by atoms with Crippen LogP contribution in [0.3, 0.4) is 0 Å². The number of rotatable bonds is 4. The molecule has 0 aliphatic rings. The number of nitrogens with one attached hydrogen (secondary N) is 1. The Kier molecular flexibility index (Phi) is 4.03. The smallest absolute Gasteiger partial charge is 0.221 e. The number of nitrogen functional groups attached to an aromatic ring is 1. The zero-order valence-corrected chi connectivity index (χ0v) is 13.6. The molecule has 0 radical (unpaired) electrons. The van der Waals surface area contributed by atoms with E-state index in [1.54, 1.807) is 31.0 Å². The van der Waals surface area contributed by atoms with E-state index < -0.39 is 0 Å². The van der Waals surface area contributed by atoms with Crippen molar-refractivity contribution >= 4 is 34.6 Å². The van der Waals surface area contributed by atoms with Crippen LogP contribution in [0.1, 0.15) is 0 Å². The highest BCUT2D eigenvalue weighted by molar-refractivity contribution is 7.71. The number of benzene rings is 2. The monoisotopic (exact) mass is 328 g/mol. The van der Waals surface area contributed by atoms with Crippen molar-refractivity contribution in [1.82, 2.24) is 9.66 Å². The molecular formula is C16H16N4O2S. The Hall–Kier alpha value is -2.80. The van der Waals surface area contributed by atoms with Crippen LogP contribution in [-0.2, 0) is 0 Å². The average Bonchev–Trinajstić information content (AvgIpc) is 2.58. The Labute approximate surface area is 138 Å². The van der Waals surface area contributed by atoms with E-state index >= 15 is 0 Å². The molecule has 0 aliphatic heterocycles. The molecule has 118 valence electrons. The summed E-state index contributed by atoms with van der Waals surface area (Å²) in [5.41, 5.74) is 10.9. The lowest BCUT2D eigenvalue weighted by Gasteiger charge is -2.16. The summed E-state index contributed by atoms with van der Waals surface area (Å²) in [6, 6.07) is 13.2. The second-order valence-corrected chi connectivity index (χ2v) is 5.18. The van der Waals surface area contributed by atoms with Crippen LogP contribution in [0.25, 0.3) is 10.9 Å². The lowest BCUT2D eigenvalue weighted by molar-refractivity contribution is 0.356. The molecule has 3 N–H and O–H groups in total. The van der Waals surface area contributed by atoms with Gasteiger partial charge in [0.25, 0.3) is 0 Å². The number of hydrogen-bond acceptors (Lipinski definition) is 6. The summed E-state index contributed by atoms with van der Waals surface area (Å²) >= 11 is 5.34. The van der Waals surface area contributed by atoms with Crippen LogP contribution in [0.2, 0.25) is 0 Å². The molecule has 0 aliphatic carbocycles. The molecule has 2 aromatic carbocycles. The van der Waals surface area contributed by atoms with Gasteiger partial charge in [0.05, 0.1) is 25.4 Å². The second kappa shape index (κ2) is 6.13. The number of aromatic nitrogens is 2. The first kappa shape index (κ1) is 15.1. The predicted octanol–water partition coefficient (Wildman–Crippen LogP) is 3.24. The highest BCUT2D eigenvalue weighted by Gasteiger charge is 2.12. The molecule has 3 rings (SSSR count). The minimum Gasteiger partial charge on any atom is -0.493 e. The third-order valence-corrected chi connectivity index (χ3v) is 3.71. The molecule has 1 heterocycles. The Bertz CT molecular complexity index is 909. The first-order valence-electron chi connectivity index (χ1n) is 6.90. The van der Waals surface area contributed by atoms with E-state index in [0.717, 1.165) is 11.1 Å². The van der Waals surface area contributed by atoms with Gasteiger partial charge in [0.15, 0.2) is 11.5 Å². The molecule has 0 spiro atoms. The number of nitrogens with two attached hydrogens (primary N) is 1. The lowest BCUT2D eigenvalue weighted by atomic mass is 10.2. The molecule has 0 amide bonds. The molecular weight excluding hydrogens is 312 g/mol. The summed E-state index contributed by atoms with van der Waals surface area (Å²) in [7, 11) is 3.15. The summed E-state index contributed by atoms with van der Waals surface area (Å²) in [6.07, 6.45) is 0. The van der Waals surface area contributed by atoms with Gasteiger partial charge in [-0.15, -0.1) is 0 Å². The van der Waals surface area contributed by atoms with E-state index in [1.165, 1.54) is 0 Å². The lowest BCUT2D eigenvalue weighted by Crippen LogP contribution is -2.17. The largest absolute Gasteiger partial charge is 0.493 e. The summed E-state index contributed by atoms with van der Waals surface area (Å²) in [6.45, 7) is 0. The number of fused-ring (bicyclic) bond motifs is 1. The van der Waals surface area contributed by atoms with E-state index in [0.29, 0.717) is 27.6 Å². The minimum atomic E-state index is 0.325. The third-order valence-electron chi connectivity index (χ3n) is 3.44. The Balaban J connectivity index is 2.18. The van der Waals surface area contributed by atoms with Crippen LogP contribution in [0.15, 0.2) is 42.5 Å². The number of para-hydroxylation sites is 1. The molecule has 6 nitrogen and oxygen atoms in total. The molecule has 0 unspecified atom stereocenters. The number of ether oxygens (including phenoxy) is 2. The first-order chi connectivity index (χ1) is 11.1. The maximum Gasteiger partial charge on any atom is 0.221 e. The van der Waals surface area contributed by atoms with Crippen molar-refractivity contribution in [3.63, 3.8) is 0 Å². The molecule has 7 heteroatoms. The van der Waals surface area contributed by atoms with Crippen molar-refractivity contribution in [2.75, 3.05) is 25.4 Å². The fraction of sp³-hybridized carbons (Fsp3) is 0.125. The van der Waals surface area contributed by atoms with E-state index in [-0.39, 0.29) is 0 Å². The zero-order valence-electron chi connectivity index (χ0n) is 12.7. The highest BCUT2D eigenvalue weighted by atomic mass is 32.1. The van der Waals surface area contributed by atoms with Gasteiger partial charge < -0.3 is 15.2 Å². The van der Waals surface area contributed by atoms with Gasteiger partial charge in [0.1, 0.15) is 5.82 Å². The van der Waals surface area contributed by atoms with Gasteiger partial charge in [-0.3, -0.25) is 5.43 Å². The van der Waals surface area contributed by atoms with Crippen LogP contribution in [-0.4, -0.2) is 23.9 Å². The molecule has 1 aromatic heterocycles. The quantitative estimate of drug-likeness (QED) is 0.716. The van der Waals surface area contributed by atoms with Gasteiger partial charge in [-0.25, -0.2) is 9.66 Å². The molecule has 23 heavy (non-hydrogen) atoms. The van der Waals surface area contributed by atoms with E-state index in [9.17, 15) is 0 Å². The summed E-state index contributed by atoms with van der Waals surface area (Å²) < 4.78 is 12.5. The zero-order chi connectivity index (χ0) is 16.4. The Morgan fingerprint density at radius 2 is 1.74 bits per heavy atom. The summed E-state index contributed by atoms with van der Waals surface area (Å²) in [5, 5.41) is 0.722. The van der Waals surface area contributed by atoms with Crippen molar-refractivity contribution in [1.29, 1.82) is 0 Å². The van der Waals surface area contributed by atoms with Crippen molar-refractivity contribution in [2.24, 2.45) is 0 Å². The number of hydrogen-bond donors (Lipinski definition) is 2. The maximum atomic E-state index is 6.28. The highest BCUT2D eigenvalue weighted by Crippen LogP contribution is 2.33. The van der Waals surface area contributed by atoms with E-state index in [1.807, 2.05) is 30.3 Å². The molecule has 0 atom stereocenters. The van der Waals surface area contributed by atoms with Gasteiger partial charge in [0.2, 0.25) is 4.77 Å². The van der Waals surface area contributed by atoms with Crippen molar-refractivity contribution in [3.05, 3.63) is 47.2 Å². The molecule has 0 saturated carbocycles. The van der Waals surface area contributed by atoms with Gasteiger partial charge in [-0.1, -0.05) is 18.2 Å². The van der Waals surface area contributed by atoms with Crippen molar-refractivity contribution in [2.45, 2.75) is 0 Å². The molecule has 0 saturated heterocycles. The SMILES string of the molecule is COc1cc2nc(=S)n(Nc3ccccc3)c(N)c2cc1OC. The van der Waals surface area contributed by atoms with Gasteiger partial charge in [0, 0.05) is 11.5 Å². The molecule has 3 aromatic rings. The van der Waals surface area contributed by atoms with Gasteiger partial charge in [-0.2, -0.15) is 0 Å². The van der Waals surface area contributed by atoms with Gasteiger partial charge >= 0.3 is 0 Å². The van der Waals surface area contributed by atoms with E-state index in [2.05, 4.69) is 10.4 Å². The van der Waals surface area contributed by atoms with Crippen LogP contribution in [0.4, 0.5) is 11.5 Å². The van der Waals surface area contributed by atoms with Crippen LogP contribution < -0.4 is 20.6 Å². The average molecular weight is 328 g/mol. The van der Waals surface area contributed by atoms with Crippen molar-refractivity contribution in [3.8, 4) is 11.5 Å². The standard InChI is InChI=1S/C16H16N4O2S/c1-21-13-8-11-12(9-14(13)22-2)18-16(23)20(15(11)17)19-10-6-4-3-5-7-10/h3-9,19H,17H2,1-2H3. The third kappa shape index (κ3) is 2.78. The summed E-state index contributed by atoms with van der Waals surface area (Å²) in [4.78, 5) is 4.42. The second-order valence-electron chi connectivity index (χ2n) is 4.82. The number of nitrogens with zero attached hydrogens (tertiary/aromatic N) is 2. The Morgan fingerprint density at radius 1 is 1.09 bits per heavy atom.